The number of rotatable bonds is 5. The molecule has 0 atom stereocenters. The molecule has 1 aliphatic rings. The summed E-state index contributed by atoms with van der Waals surface area (Å²) in [6, 6.07) is 14.8. The van der Waals surface area contributed by atoms with Gasteiger partial charge in [-0.3, -0.25) is 9.98 Å². The molecule has 5 heteroatoms. The van der Waals surface area contributed by atoms with E-state index in [0.29, 0.717) is 0 Å². The fourth-order valence-corrected chi connectivity index (χ4v) is 3.59. The van der Waals surface area contributed by atoms with Crippen molar-refractivity contribution in [3.63, 3.8) is 0 Å². The maximum Gasteiger partial charge on any atom is 0.159 e. The Morgan fingerprint density at radius 2 is 1.88 bits per heavy atom. The number of nitrogens with zero attached hydrogens (tertiary/aromatic N) is 4. The van der Waals surface area contributed by atoms with E-state index in [-0.39, 0.29) is 0 Å². The van der Waals surface area contributed by atoms with Crippen LogP contribution < -0.4 is 4.90 Å². The molecule has 0 fully saturated rings. The standard InChI is InChI=1S/C19H24N4S/c1-22(2)18-9-7-16(8-10-18)14-23(19-21-12-5-13-24-19)15-17-6-3-4-11-20-17/h3-4,6-11H,5,12-15H2,1-2H3. The van der Waals surface area contributed by atoms with Crippen molar-refractivity contribution in [1.29, 1.82) is 0 Å². The Bertz CT molecular complexity index is 668. The second-order valence-corrected chi connectivity index (χ2v) is 7.17. The number of aromatic nitrogens is 1. The summed E-state index contributed by atoms with van der Waals surface area (Å²) in [5.41, 5.74) is 3.60. The highest BCUT2D eigenvalue weighted by Crippen LogP contribution is 2.21. The first kappa shape index (κ1) is 16.8. The molecule has 3 rings (SSSR count). The molecule has 0 unspecified atom stereocenters. The summed E-state index contributed by atoms with van der Waals surface area (Å²) in [7, 11) is 4.13. The number of thioether (sulfide) groups is 1. The number of amidine groups is 1. The topological polar surface area (TPSA) is 31.7 Å². The van der Waals surface area contributed by atoms with Crippen LogP contribution in [-0.2, 0) is 13.1 Å². The molecular formula is C19H24N4S. The monoisotopic (exact) mass is 340 g/mol. The molecule has 0 amide bonds. The second-order valence-electron chi connectivity index (χ2n) is 6.10. The first-order chi connectivity index (χ1) is 11.7. The van der Waals surface area contributed by atoms with Crippen LogP contribution in [0.3, 0.4) is 0 Å². The van der Waals surface area contributed by atoms with Gasteiger partial charge in [-0.2, -0.15) is 0 Å². The van der Waals surface area contributed by atoms with Gasteiger partial charge in [-0.1, -0.05) is 30.0 Å². The number of aliphatic imine (C=N–C) groups is 1. The van der Waals surface area contributed by atoms with Crippen molar-refractivity contribution in [3.05, 3.63) is 59.9 Å². The minimum absolute atomic E-state index is 0.794. The largest absolute Gasteiger partial charge is 0.378 e. The fraction of sp³-hybridized carbons (Fsp3) is 0.368. The van der Waals surface area contributed by atoms with E-state index in [9.17, 15) is 0 Å². The van der Waals surface area contributed by atoms with Gasteiger partial charge in [-0.05, 0) is 36.2 Å². The summed E-state index contributed by atoms with van der Waals surface area (Å²) in [4.78, 5) is 13.7. The SMILES string of the molecule is CN(C)c1ccc(CN(Cc2ccccn2)C2=NCCCS2)cc1. The Hall–Kier alpha value is -2.01. The van der Waals surface area contributed by atoms with E-state index in [1.54, 1.807) is 0 Å². The van der Waals surface area contributed by atoms with Crippen LogP contribution in [0.5, 0.6) is 0 Å². The smallest absolute Gasteiger partial charge is 0.159 e. The number of hydrogen-bond donors (Lipinski definition) is 0. The van der Waals surface area contributed by atoms with Crippen LogP contribution in [0.1, 0.15) is 17.7 Å². The molecule has 0 saturated heterocycles. The van der Waals surface area contributed by atoms with E-state index in [1.165, 1.54) is 17.7 Å². The molecule has 24 heavy (non-hydrogen) atoms. The summed E-state index contributed by atoms with van der Waals surface area (Å²) < 4.78 is 0. The summed E-state index contributed by atoms with van der Waals surface area (Å²) in [6.45, 7) is 2.58. The molecule has 0 bridgehead atoms. The van der Waals surface area contributed by atoms with Crippen molar-refractivity contribution in [2.75, 3.05) is 31.3 Å². The van der Waals surface area contributed by atoms with Crippen LogP contribution in [-0.4, -0.2) is 41.4 Å². The lowest BCUT2D eigenvalue weighted by Gasteiger charge is -2.27. The predicted molar refractivity (Wildman–Crippen MR) is 104 cm³/mol. The molecule has 1 aliphatic heterocycles. The third-order valence-electron chi connectivity index (χ3n) is 3.96. The van der Waals surface area contributed by atoms with Crippen molar-refractivity contribution in [1.82, 2.24) is 9.88 Å². The molecule has 2 heterocycles. The molecule has 1 aromatic heterocycles. The predicted octanol–water partition coefficient (Wildman–Crippen LogP) is 3.64. The molecule has 0 spiro atoms. The van der Waals surface area contributed by atoms with Crippen LogP contribution in [0.2, 0.25) is 0 Å². The van der Waals surface area contributed by atoms with E-state index in [1.807, 2.05) is 30.1 Å². The summed E-state index contributed by atoms with van der Waals surface area (Å²) in [5.74, 6) is 1.15. The van der Waals surface area contributed by atoms with Crippen LogP contribution in [0.4, 0.5) is 5.69 Å². The third-order valence-corrected chi connectivity index (χ3v) is 5.09. The van der Waals surface area contributed by atoms with Crippen molar-refractivity contribution in [2.45, 2.75) is 19.5 Å². The zero-order valence-corrected chi connectivity index (χ0v) is 15.2. The van der Waals surface area contributed by atoms with E-state index in [2.05, 4.69) is 59.2 Å². The minimum Gasteiger partial charge on any atom is -0.378 e. The van der Waals surface area contributed by atoms with Crippen LogP contribution in [0.15, 0.2) is 53.7 Å². The Kier molecular flexibility index (Phi) is 5.75. The van der Waals surface area contributed by atoms with Gasteiger partial charge in [0.25, 0.3) is 0 Å². The van der Waals surface area contributed by atoms with Crippen LogP contribution in [0, 0.1) is 0 Å². The number of hydrogen-bond acceptors (Lipinski definition) is 5. The number of benzene rings is 1. The molecule has 0 radical (unpaired) electrons. The first-order valence-corrected chi connectivity index (χ1v) is 9.29. The number of pyridine rings is 1. The molecule has 1 aromatic carbocycles. The zero-order valence-electron chi connectivity index (χ0n) is 14.4. The molecule has 2 aromatic rings. The van der Waals surface area contributed by atoms with Gasteiger partial charge >= 0.3 is 0 Å². The first-order valence-electron chi connectivity index (χ1n) is 8.31. The number of anilines is 1. The Labute approximate surface area is 148 Å². The van der Waals surface area contributed by atoms with Gasteiger partial charge in [-0.15, -0.1) is 0 Å². The molecular weight excluding hydrogens is 316 g/mol. The van der Waals surface area contributed by atoms with E-state index in [0.717, 1.165) is 36.2 Å². The highest BCUT2D eigenvalue weighted by Gasteiger charge is 2.16. The van der Waals surface area contributed by atoms with Crippen molar-refractivity contribution in [3.8, 4) is 0 Å². The maximum absolute atomic E-state index is 4.74. The average molecular weight is 340 g/mol. The average Bonchev–Trinajstić information content (AvgIpc) is 2.63. The summed E-state index contributed by atoms with van der Waals surface area (Å²) in [5, 5.41) is 1.14. The Morgan fingerprint density at radius 1 is 1.04 bits per heavy atom. The van der Waals surface area contributed by atoms with E-state index >= 15 is 0 Å². The van der Waals surface area contributed by atoms with Crippen LogP contribution >= 0.6 is 11.8 Å². The zero-order chi connectivity index (χ0) is 16.8. The summed E-state index contributed by atoms with van der Waals surface area (Å²) >= 11 is 1.86. The lowest BCUT2D eigenvalue weighted by Crippen LogP contribution is -2.30. The van der Waals surface area contributed by atoms with Gasteiger partial charge < -0.3 is 9.80 Å². The minimum atomic E-state index is 0.794. The maximum atomic E-state index is 4.74. The van der Waals surface area contributed by atoms with Gasteiger partial charge in [0.1, 0.15) is 0 Å². The van der Waals surface area contributed by atoms with Gasteiger partial charge in [-0.25, -0.2) is 0 Å². The van der Waals surface area contributed by atoms with Crippen molar-refractivity contribution in [2.24, 2.45) is 4.99 Å². The molecule has 0 saturated carbocycles. The lowest BCUT2D eigenvalue weighted by molar-refractivity contribution is 0.407. The quantitative estimate of drug-likeness (QED) is 0.832. The Balaban J connectivity index is 1.77. The van der Waals surface area contributed by atoms with Crippen molar-refractivity contribution < 1.29 is 0 Å². The van der Waals surface area contributed by atoms with Crippen molar-refractivity contribution >= 4 is 22.6 Å². The van der Waals surface area contributed by atoms with E-state index < -0.39 is 0 Å². The molecule has 0 N–H and O–H groups in total. The summed E-state index contributed by atoms with van der Waals surface area (Å²) in [6.07, 6.45) is 3.03. The van der Waals surface area contributed by atoms with Crippen LogP contribution in [0.25, 0.3) is 0 Å². The third kappa shape index (κ3) is 4.51. The van der Waals surface area contributed by atoms with E-state index in [4.69, 9.17) is 4.99 Å². The highest BCUT2D eigenvalue weighted by atomic mass is 32.2. The molecule has 4 nitrogen and oxygen atoms in total. The second kappa shape index (κ2) is 8.20. The van der Waals surface area contributed by atoms with Gasteiger partial charge in [0.15, 0.2) is 5.17 Å². The van der Waals surface area contributed by atoms with Gasteiger partial charge in [0.05, 0.1) is 12.2 Å². The lowest BCUT2D eigenvalue weighted by atomic mass is 10.2. The Morgan fingerprint density at radius 3 is 2.50 bits per heavy atom. The highest BCUT2D eigenvalue weighted by molar-refractivity contribution is 8.13. The molecule has 0 aliphatic carbocycles. The molecule has 126 valence electrons. The normalized spacial score (nSPS) is 14.2. The fourth-order valence-electron chi connectivity index (χ4n) is 2.64. The van der Waals surface area contributed by atoms with Gasteiger partial charge in [0, 0.05) is 44.8 Å². The van der Waals surface area contributed by atoms with Gasteiger partial charge in [0.2, 0.25) is 0 Å².